The van der Waals surface area contributed by atoms with E-state index < -0.39 is 17.6 Å². The van der Waals surface area contributed by atoms with Gasteiger partial charge in [0.1, 0.15) is 22.9 Å². The third-order valence-corrected chi connectivity index (χ3v) is 5.25. The van der Waals surface area contributed by atoms with Crippen molar-refractivity contribution in [3.63, 3.8) is 0 Å². The lowest BCUT2D eigenvalue weighted by Crippen LogP contribution is -2.10. The van der Waals surface area contributed by atoms with Crippen LogP contribution in [0.5, 0.6) is 5.75 Å². The van der Waals surface area contributed by atoms with Crippen molar-refractivity contribution in [3.05, 3.63) is 100.0 Å². The standard InChI is InChI=1S/C23H17ClF2N2O/c1-13-9-15(24)12-28-21(13)11-19(17-7-5-16(25)10-20(17)26)18-6-4-14-3-2-8-27-22(14)23(18)29/h2-10,12,19,29H,11H2,1H3. The largest absolute Gasteiger partial charge is 0.505 e. The molecule has 0 aliphatic carbocycles. The molecule has 1 atom stereocenters. The molecule has 0 saturated carbocycles. The Labute approximate surface area is 171 Å². The van der Waals surface area contributed by atoms with Crippen molar-refractivity contribution in [1.29, 1.82) is 0 Å². The molecule has 2 aromatic carbocycles. The van der Waals surface area contributed by atoms with Crippen LogP contribution in [0.3, 0.4) is 0 Å². The molecule has 4 aromatic rings. The minimum absolute atomic E-state index is 0.0246. The third kappa shape index (κ3) is 3.78. The number of hydrogen-bond donors (Lipinski definition) is 1. The fourth-order valence-corrected chi connectivity index (χ4v) is 3.79. The van der Waals surface area contributed by atoms with E-state index in [4.69, 9.17) is 11.6 Å². The molecule has 0 spiro atoms. The minimum Gasteiger partial charge on any atom is -0.505 e. The van der Waals surface area contributed by atoms with Gasteiger partial charge in [-0.25, -0.2) is 8.78 Å². The van der Waals surface area contributed by atoms with E-state index >= 15 is 0 Å². The van der Waals surface area contributed by atoms with Crippen LogP contribution in [0.1, 0.15) is 28.3 Å². The van der Waals surface area contributed by atoms with Crippen molar-refractivity contribution < 1.29 is 13.9 Å². The topological polar surface area (TPSA) is 46.0 Å². The van der Waals surface area contributed by atoms with Gasteiger partial charge in [0, 0.05) is 47.4 Å². The van der Waals surface area contributed by atoms with Gasteiger partial charge in [0.25, 0.3) is 0 Å². The quantitative estimate of drug-likeness (QED) is 0.452. The molecule has 3 nitrogen and oxygen atoms in total. The first-order valence-corrected chi connectivity index (χ1v) is 9.44. The Hall–Kier alpha value is -3.05. The lowest BCUT2D eigenvalue weighted by atomic mass is 9.85. The highest BCUT2D eigenvalue weighted by atomic mass is 35.5. The van der Waals surface area contributed by atoms with Crippen molar-refractivity contribution in [2.45, 2.75) is 19.3 Å². The highest BCUT2D eigenvalue weighted by Crippen LogP contribution is 2.39. The summed E-state index contributed by atoms with van der Waals surface area (Å²) in [5.74, 6) is -1.95. The number of benzene rings is 2. The molecule has 0 aliphatic heterocycles. The van der Waals surface area contributed by atoms with Crippen LogP contribution < -0.4 is 0 Å². The van der Waals surface area contributed by atoms with Gasteiger partial charge >= 0.3 is 0 Å². The van der Waals surface area contributed by atoms with Crippen LogP contribution in [-0.2, 0) is 6.42 Å². The Morgan fingerprint density at radius 1 is 1.03 bits per heavy atom. The number of phenolic OH excluding ortho intramolecular Hbond substituents is 1. The van der Waals surface area contributed by atoms with E-state index in [2.05, 4.69) is 9.97 Å². The number of halogens is 3. The van der Waals surface area contributed by atoms with Gasteiger partial charge in [0.2, 0.25) is 0 Å². The number of nitrogens with zero attached hydrogens (tertiary/aromatic N) is 2. The summed E-state index contributed by atoms with van der Waals surface area (Å²) in [5, 5.41) is 12.2. The zero-order valence-electron chi connectivity index (χ0n) is 15.5. The number of aromatic hydroxyl groups is 1. The highest BCUT2D eigenvalue weighted by Gasteiger charge is 2.24. The third-order valence-electron chi connectivity index (χ3n) is 5.04. The van der Waals surface area contributed by atoms with Gasteiger partial charge in [-0.15, -0.1) is 0 Å². The fraction of sp³-hybridized carbons (Fsp3) is 0.130. The Bertz CT molecular complexity index is 1210. The molecule has 1 unspecified atom stereocenters. The van der Waals surface area contributed by atoms with Gasteiger partial charge in [-0.3, -0.25) is 9.97 Å². The summed E-state index contributed by atoms with van der Waals surface area (Å²) in [6.45, 7) is 1.87. The summed E-state index contributed by atoms with van der Waals surface area (Å²) in [6, 6.07) is 12.4. The number of pyridine rings is 2. The molecular formula is C23H17ClF2N2O. The average Bonchev–Trinajstić information content (AvgIpc) is 2.69. The van der Waals surface area contributed by atoms with E-state index in [1.54, 1.807) is 24.4 Å². The Morgan fingerprint density at radius 3 is 2.59 bits per heavy atom. The van der Waals surface area contributed by atoms with Gasteiger partial charge in [-0.05, 0) is 36.2 Å². The molecule has 2 heterocycles. The van der Waals surface area contributed by atoms with Crippen molar-refractivity contribution in [2.75, 3.05) is 0 Å². The lowest BCUT2D eigenvalue weighted by Gasteiger charge is -2.21. The van der Waals surface area contributed by atoms with Crippen molar-refractivity contribution in [1.82, 2.24) is 9.97 Å². The van der Waals surface area contributed by atoms with Crippen molar-refractivity contribution >= 4 is 22.5 Å². The van der Waals surface area contributed by atoms with Crippen molar-refractivity contribution in [2.24, 2.45) is 0 Å². The Balaban J connectivity index is 1.89. The second kappa shape index (κ2) is 7.76. The number of fused-ring (bicyclic) bond motifs is 1. The average molecular weight is 411 g/mol. The van der Waals surface area contributed by atoms with Gasteiger partial charge in [-0.1, -0.05) is 35.9 Å². The monoisotopic (exact) mass is 410 g/mol. The summed E-state index contributed by atoms with van der Waals surface area (Å²) in [6.07, 6.45) is 3.42. The first-order valence-electron chi connectivity index (χ1n) is 9.06. The smallest absolute Gasteiger partial charge is 0.145 e. The van der Waals surface area contributed by atoms with Crippen LogP contribution in [-0.4, -0.2) is 15.1 Å². The second-order valence-corrected chi connectivity index (χ2v) is 7.35. The molecule has 0 amide bonds. The number of aryl methyl sites for hydroxylation is 1. The van der Waals surface area contributed by atoms with E-state index in [1.807, 2.05) is 19.1 Å². The fourth-order valence-electron chi connectivity index (χ4n) is 3.57. The zero-order chi connectivity index (χ0) is 20.5. The van der Waals surface area contributed by atoms with Crippen LogP contribution in [0.2, 0.25) is 5.02 Å². The molecule has 29 heavy (non-hydrogen) atoms. The van der Waals surface area contributed by atoms with Crippen LogP contribution >= 0.6 is 11.6 Å². The van der Waals surface area contributed by atoms with Gasteiger partial charge in [0.15, 0.2) is 0 Å². The zero-order valence-corrected chi connectivity index (χ0v) is 16.3. The summed E-state index contributed by atoms with van der Waals surface area (Å²) in [5.41, 5.74) is 2.76. The van der Waals surface area contributed by atoms with Crippen LogP contribution in [0.15, 0.2) is 60.9 Å². The van der Waals surface area contributed by atoms with Gasteiger partial charge < -0.3 is 5.11 Å². The Kier molecular flexibility index (Phi) is 5.16. The number of aromatic nitrogens is 2. The first-order chi connectivity index (χ1) is 13.9. The predicted octanol–water partition coefficient (Wildman–Crippen LogP) is 5.95. The first kappa shape index (κ1) is 19.3. The highest BCUT2D eigenvalue weighted by molar-refractivity contribution is 6.30. The van der Waals surface area contributed by atoms with E-state index in [0.29, 0.717) is 28.2 Å². The maximum atomic E-state index is 14.7. The van der Waals surface area contributed by atoms with Gasteiger partial charge in [0.05, 0.1) is 5.02 Å². The van der Waals surface area contributed by atoms with E-state index in [1.165, 1.54) is 18.3 Å². The summed E-state index contributed by atoms with van der Waals surface area (Å²) in [4.78, 5) is 8.64. The molecule has 146 valence electrons. The number of phenols is 1. The van der Waals surface area contributed by atoms with E-state index in [0.717, 1.165) is 17.0 Å². The van der Waals surface area contributed by atoms with Crippen LogP contribution in [0, 0.1) is 18.6 Å². The molecule has 2 aromatic heterocycles. The molecular weight excluding hydrogens is 394 g/mol. The molecule has 0 bridgehead atoms. The SMILES string of the molecule is Cc1cc(Cl)cnc1CC(c1ccc(F)cc1F)c1ccc2cccnc2c1O. The predicted molar refractivity (Wildman–Crippen MR) is 109 cm³/mol. The van der Waals surface area contributed by atoms with Crippen molar-refractivity contribution in [3.8, 4) is 5.75 Å². The summed E-state index contributed by atoms with van der Waals surface area (Å²) in [7, 11) is 0. The molecule has 0 saturated heterocycles. The Morgan fingerprint density at radius 2 is 1.83 bits per heavy atom. The summed E-state index contributed by atoms with van der Waals surface area (Å²) >= 11 is 6.01. The van der Waals surface area contributed by atoms with E-state index in [-0.39, 0.29) is 11.3 Å². The molecule has 0 fully saturated rings. The second-order valence-electron chi connectivity index (χ2n) is 6.92. The molecule has 6 heteroatoms. The summed E-state index contributed by atoms with van der Waals surface area (Å²) < 4.78 is 28.2. The molecule has 0 aliphatic rings. The van der Waals surface area contributed by atoms with Crippen LogP contribution in [0.25, 0.3) is 10.9 Å². The molecule has 4 rings (SSSR count). The molecule has 0 radical (unpaired) electrons. The maximum absolute atomic E-state index is 14.7. The van der Waals surface area contributed by atoms with Crippen LogP contribution in [0.4, 0.5) is 8.78 Å². The maximum Gasteiger partial charge on any atom is 0.145 e. The normalized spacial score (nSPS) is 12.3. The molecule has 1 N–H and O–H groups in total. The number of rotatable bonds is 4. The lowest BCUT2D eigenvalue weighted by molar-refractivity contribution is 0.467. The van der Waals surface area contributed by atoms with Gasteiger partial charge in [-0.2, -0.15) is 0 Å². The number of hydrogen-bond acceptors (Lipinski definition) is 3. The minimum atomic E-state index is -0.679. The van der Waals surface area contributed by atoms with E-state index in [9.17, 15) is 13.9 Å².